The maximum atomic E-state index is 6.24. The fraction of sp³-hybridized carbons (Fsp3) is 0. The SMILES string of the molecule is c1ccc(-c2cccc(N(c3ccc(-c4cccc(-n5c6ccccc6c6ccccc65)c4)cc3)c3ccc4cc(-c5cccc6oc7ccccc7c56)ccc4c3)c2)cc1. The standard InChI is InChI=1S/C58H38N2O/c1-2-13-39(14-3-1)41-15-10-17-47(36-41)59(49-34-31-43-35-45(28-27-44(43)38-49)50-22-12-26-57-58(50)53-21-6-9-25-56(53)61-57)46-32-29-40(30-33-46)42-16-11-18-48(37-42)60-54-23-7-4-19-51(54)52-20-5-8-24-55(52)60/h1-38H. The second-order valence-electron chi connectivity index (χ2n) is 15.7. The van der Waals surface area contributed by atoms with Crippen LogP contribution in [0.4, 0.5) is 17.1 Å². The first-order valence-electron chi connectivity index (χ1n) is 20.8. The summed E-state index contributed by atoms with van der Waals surface area (Å²) in [4.78, 5) is 2.37. The third kappa shape index (κ3) is 5.98. The summed E-state index contributed by atoms with van der Waals surface area (Å²) in [7, 11) is 0. The van der Waals surface area contributed by atoms with E-state index in [1.807, 2.05) is 12.1 Å². The normalized spacial score (nSPS) is 11.6. The molecule has 0 saturated heterocycles. The molecule has 0 saturated carbocycles. The van der Waals surface area contributed by atoms with Crippen LogP contribution in [0.1, 0.15) is 0 Å². The van der Waals surface area contributed by atoms with Crippen molar-refractivity contribution in [2.45, 2.75) is 0 Å². The van der Waals surface area contributed by atoms with Gasteiger partial charge in [0.05, 0.1) is 11.0 Å². The summed E-state index contributed by atoms with van der Waals surface area (Å²) >= 11 is 0. The zero-order valence-corrected chi connectivity index (χ0v) is 33.2. The van der Waals surface area contributed by atoms with Crippen LogP contribution in [0.25, 0.3) is 93.6 Å². The Kier molecular flexibility index (Phi) is 8.17. The number of anilines is 3. The first kappa shape index (κ1) is 34.9. The minimum Gasteiger partial charge on any atom is -0.456 e. The molecular weight excluding hydrogens is 741 g/mol. The molecule has 3 heteroatoms. The van der Waals surface area contributed by atoms with E-state index >= 15 is 0 Å². The van der Waals surface area contributed by atoms with Crippen molar-refractivity contribution in [2.24, 2.45) is 0 Å². The van der Waals surface area contributed by atoms with Gasteiger partial charge in [-0.1, -0.05) is 152 Å². The van der Waals surface area contributed by atoms with Crippen molar-refractivity contribution in [3.05, 3.63) is 231 Å². The van der Waals surface area contributed by atoms with Crippen LogP contribution in [0.15, 0.2) is 235 Å². The number of nitrogens with zero attached hydrogens (tertiary/aromatic N) is 2. The third-order valence-corrected chi connectivity index (χ3v) is 12.2. The molecule has 0 aliphatic heterocycles. The van der Waals surface area contributed by atoms with Gasteiger partial charge in [0.15, 0.2) is 0 Å². The van der Waals surface area contributed by atoms with Gasteiger partial charge >= 0.3 is 0 Å². The van der Waals surface area contributed by atoms with E-state index in [1.165, 1.54) is 60.4 Å². The summed E-state index contributed by atoms with van der Waals surface area (Å²) in [5.74, 6) is 0. The Hall–Kier alpha value is -8.14. The summed E-state index contributed by atoms with van der Waals surface area (Å²) in [6.45, 7) is 0. The van der Waals surface area contributed by atoms with Gasteiger partial charge in [0.2, 0.25) is 0 Å². The first-order chi connectivity index (χ1) is 30.2. The molecule has 3 nitrogen and oxygen atoms in total. The average Bonchev–Trinajstić information content (AvgIpc) is 3.88. The van der Waals surface area contributed by atoms with Crippen LogP contribution in [-0.2, 0) is 0 Å². The van der Waals surface area contributed by atoms with Gasteiger partial charge in [-0.25, -0.2) is 0 Å². The summed E-state index contributed by atoms with van der Waals surface area (Å²) in [5, 5.41) is 7.17. The Labute approximate surface area is 353 Å². The second-order valence-corrected chi connectivity index (χ2v) is 15.7. The third-order valence-electron chi connectivity index (χ3n) is 12.2. The van der Waals surface area contributed by atoms with E-state index in [1.54, 1.807) is 0 Å². The molecule has 0 N–H and O–H groups in total. The molecule has 0 aliphatic rings. The zero-order valence-electron chi connectivity index (χ0n) is 33.2. The molecule has 0 spiro atoms. The van der Waals surface area contributed by atoms with Gasteiger partial charge in [0.1, 0.15) is 11.2 Å². The molecule has 286 valence electrons. The second kappa shape index (κ2) is 14.3. The van der Waals surface area contributed by atoms with Crippen molar-refractivity contribution in [3.63, 3.8) is 0 Å². The summed E-state index contributed by atoms with van der Waals surface area (Å²) in [6, 6.07) is 83.0. The van der Waals surface area contributed by atoms with E-state index in [0.29, 0.717) is 0 Å². The van der Waals surface area contributed by atoms with E-state index in [-0.39, 0.29) is 0 Å². The van der Waals surface area contributed by atoms with E-state index in [0.717, 1.165) is 50.3 Å². The van der Waals surface area contributed by atoms with Crippen molar-refractivity contribution in [1.29, 1.82) is 0 Å². The van der Waals surface area contributed by atoms with Crippen molar-refractivity contribution in [1.82, 2.24) is 4.57 Å². The fourth-order valence-corrected chi connectivity index (χ4v) is 9.29. The molecule has 0 radical (unpaired) electrons. The Morgan fingerprint density at radius 2 is 0.885 bits per heavy atom. The van der Waals surface area contributed by atoms with Gasteiger partial charge in [-0.3, -0.25) is 0 Å². The monoisotopic (exact) mass is 778 g/mol. The molecule has 2 heterocycles. The van der Waals surface area contributed by atoms with E-state index in [9.17, 15) is 0 Å². The lowest BCUT2D eigenvalue weighted by atomic mass is 9.96. The lowest BCUT2D eigenvalue weighted by molar-refractivity contribution is 0.669. The molecule has 0 aliphatic carbocycles. The summed E-state index contributed by atoms with van der Waals surface area (Å²) < 4.78 is 8.62. The van der Waals surface area contributed by atoms with Crippen LogP contribution in [0.2, 0.25) is 0 Å². The molecule has 0 fully saturated rings. The minimum absolute atomic E-state index is 0.907. The van der Waals surface area contributed by atoms with Crippen molar-refractivity contribution < 1.29 is 4.42 Å². The predicted molar refractivity (Wildman–Crippen MR) is 257 cm³/mol. The van der Waals surface area contributed by atoms with Crippen molar-refractivity contribution >= 4 is 71.6 Å². The highest BCUT2D eigenvalue weighted by atomic mass is 16.3. The number of para-hydroxylation sites is 3. The summed E-state index contributed by atoms with van der Waals surface area (Å²) in [5.41, 5.74) is 15.7. The Morgan fingerprint density at radius 1 is 0.328 bits per heavy atom. The number of hydrogen-bond donors (Lipinski definition) is 0. The maximum Gasteiger partial charge on any atom is 0.136 e. The molecule has 61 heavy (non-hydrogen) atoms. The molecule has 2 aromatic heterocycles. The average molecular weight is 779 g/mol. The van der Waals surface area contributed by atoms with Crippen LogP contribution in [0, 0.1) is 0 Å². The number of hydrogen-bond acceptors (Lipinski definition) is 2. The van der Waals surface area contributed by atoms with Crippen LogP contribution in [0.3, 0.4) is 0 Å². The van der Waals surface area contributed by atoms with Gasteiger partial charge in [-0.05, 0) is 123 Å². The highest BCUT2D eigenvalue weighted by Crippen LogP contribution is 2.41. The van der Waals surface area contributed by atoms with Crippen LogP contribution in [-0.4, -0.2) is 4.57 Å². The van der Waals surface area contributed by atoms with Crippen LogP contribution >= 0.6 is 0 Å². The minimum atomic E-state index is 0.907. The Balaban J connectivity index is 0.944. The zero-order chi connectivity index (χ0) is 40.3. The number of aromatic nitrogens is 1. The molecule has 0 atom stereocenters. The van der Waals surface area contributed by atoms with Gasteiger partial charge in [-0.2, -0.15) is 0 Å². The highest BCUT2D eigenvalue weighted by Gasteiger charge is 2.17. The smallest absolute Gasteiger partial charge is 0.136 e. The fourth-order valence-electron chi connectivity index (χ4n) is 9.29. The molecule has 10 aromatic carbocycles. The Morgan fingerprint density at radius 3 is 1.69 bits per heavy atom. The molecule has 12 aromatic rings. The maximum absolute atomic E-state index is 6.24. The number of fused-ring (bicyclic) bond motifs is 7. The Bertz CT molecular complexity index is 3540. The van der Waals surface area contributed by atoms with Gasteiger partial charge in [-0.15, -0.1) is 0 Å². The van der Waals surface area contributed by atoms with E-state index in [4.69, 9.17) is 4.42 Å². The number of benzene rings is 10. The predicted octanol–water partition coefficient (Wildman–Crippen LogP) is 16.3. The van der Waals surface area contributed by atoms with Gasteiger partial charge < -0.3 is 13.9 Å². The quantitative estimate of drug-likeness (QED) is 0.161. The first-order valence-corrected chi connectivity index (χ1v) is 20.8. The number of rotatable bonds is 7. The van der Waals surface area contributed by atoms with Crippen molar-refractivity contribution in [3.8, 4) is 39.1 Å². The van der Waals surface area contributed by atoms with Crippen LogP contribution < -0.4 is 4.90 Å². The lowest BCUT2D eigenvalue weighted by Gasteiger charge is -2.26. The molecule has 0 unspecified atom stereocenters. The largest absolute Gasteiger partial charge is 0.456 e. The highest BCUT2D eigenvalue weighted by molar-refractivity contribution is 6.13. The van der Waals surface area contributed by atoms with E-state index < -0.39 is 0 Å². The van der Waals surface area contributed by atoms with Gasteiger partial charge in [0, 0.05) is 44.3 Å². The van der Waals surface area contributed by atoms with E-state index in [2.05, 4.69) is 228 Å². The molecule has 0 bridgehead atoms. The van der Waals surface area contributed by atoms with Crippen LogP contribution in [0.5, 0.6) is 0 Å². The molecular formula is C58H38N2O. The topological polar surface area (TPSA) is 21.3 Å². The van der Waals surface area contributed by atoms with Crippen molar-refractivity contribution in [2.75, 3.05) is 4.90 Å². The lowest BCUT2D eigenvalue weighted by Crippen LogP contribution is -2.10. The molecule has 12 rings (SSSR count). The molecule has 0 amide bonds. The van der Waals surface area contributed by atoms with Gasteiger partial charge in [0.25, 0.3) is 0 Å². The number of furan rings is 1. The summed E-state index contributed by atoms with van der Waals surface area (Å²) in [6.07, 6.45) is 0.